The van der Waals surface area contributed by atoms with E-state index in [0.717, 1.165) is 21.9 Å². The third kappa shape index (κ3) is 3.56. The van der Waals surface area contributed by atoms with Gasteiger partial charge in [-0.3, -0.25) is 0 Å². The summed E-state index contributed by atoms with van der Waals surface area (Å²) in [5, 5.41) is 12.2. The van der Waals surface area contributed by atoms with Gasteiger partial charge in [0.15, 0.2) is 0 Å². The number of ether oxygens (including phenoxy) is 1. The summed E-state index contributed by atoms with van der Waals surface area (Å²) in [6.07, 6.45) is 0. The molecule has 0 amide bonds. The molecule has 0 aliphatic heterocycles. The summed E-state index contributed by atoms with van der Waals surface area (Å²) in [5.74, 6) is 1.50. The molecular weight excluding hydrogens is 571 g/mol. The summed E-state index contributed by atoms with van der Waals surface area (Å²) >= 11 is 0. The van der Waals surface area contributed by atoms with Gasteiger partial charge in [0, 0.05) is 16.2 Å². The summed E-state index contributed by atoms with van der Waals surface area (Å²) < 4.78 is 6.88. The highest BCUT2D eigenvalue weighted by molar-refractivity contribution is 6.28. The van der Waals surface area contributed by atoms with Crippen LogP contribution in [0.4, 0.5) is 5.69 Å². The third-order valence-corrected chi connectivity index (χ3v) is 10.6. The van der Waals surface area contributed by atoms with Crippen molar-refractivity contribution in [1.29, 1.82) is 0 Å². The van der Waals surface area contributed by atoms with E-state index in [-0.39, 0.29) is 5.41 Å². The number of nitrogens with two attached hydrogens (primary N) is 1. The van der Waals surface area contributed by atoms with Crippen LogP contribution in [0.25, 0.3) is 76.1 Å². The van der Waals surface area contributed by atoms with Gasteiger partial charge in [0.05, 0.1) is 5.69 Å². The SMILES string of the molecule is CC1(C)c2ccccc2-c2cc3c(Oc4ccccc4N)c4ccccc4c(-c4ccc5ccc6cccc7ccc4c5c67)c3cc21. The van der Waals surface area contributed by atoms with Crippen LogP contribution < -0.4 is 10.5 Å². The normalized spacial score (nSPS) is 13.6. The van der Waals surface area contributed by atoms with E-state index in [1.165, 1.54) is 71.1 Å². The molecule has 2 nitrogen and oxygen atoms in total. The molecule has 47 heavy (non-hydrogen) atoms. The van der Waals surface area contributed by atoms with E-state index >= 15 is 0 Å². The van der Waals surface area contributed by atoms with E-state index in [1.54, 1.807) is 0 Å². The lowest BCUT2D eigenvalue weighted by molar-refractivity contribution is 0.496. The molecular formula is C45H31NO. The minimum absolute atomic E-state index is 0.142. The fourth-order valence-corrected chi connectivity index (χ4v) is 8.37. The second-order valence-electron chi connectivity index (χ2n) is 13.5. The van der Waals surface area contributed by atoms with Crippen molar-refractivity contribution in [3.63, 3.8) is 0 Å². The Bertz CT molecular complexity index is 2740. The molecule has 9 aromatic rings. The number of rotatable bonds is 3. The van der Waals surface area contributed by atoms with Crippen LogP contribution >= 0.6 is 0 Å². The Morgan fingerprint density at radius 3 is 1.98 bits per heavy atom. The lowest BCUT2D eigenvalue weighted by atomic mass is 9.80. The molecule has 0 spiro atoms. The van der Waals surface area contributed by atoms with Gasteiger partial charge < -0.3 is 10.5 Å². The molecule has 0 heterocycles. The first kappa shape index (κ1) is 26.4. The number of hydrogen-bond donors (Lipinski definition) is 1. The van der Waals surface area contributed by atoms with Crippen molar-refractivity contribution < 1.29 is 4.74 Å². The zero-order chi connectivity index (χ0) is 31.4. The van der Waals surface area contributed by atoms with Crippen molar-refractivity contribution in [2.24, 2.45) is 0 Å². The first-order valence-electron chi connectivity index (χ1n) is 16.3. The zero-order valence-electron chi connectivity index (χ0n) is 26.3. The standard InChI is InChI=1S/C45H31NO/c1-45(2)37-15-6-5-12-29(37)34-24-36-35(25-38(34)45)43(30-13-3-4-14-33(30)44(36)47-40-17-8-7-16-39(40)46)32-23-21-28-19-18-26-10-9-11-27-20-22-31(32)42(28)41(26)27/h3-25H,46H2,1-2H3. The second-order valence-corrected chi connectivity index (χ2v) is 13.5. The minimum atomic E-state index is -0.142. The van der Waals surface area contributed by atoms with Crippen molar-refractivity contribution >= 4 is 59.5 Å². The van der Waals surface area contributed by atoms with Gasteiger partial charge in [-0.1, -0.05) is 129 Å². The average Bonchev–Trinajstić information content (AvgIpc) is 3.33. The first-order valence-corrected chi connectivity index (χ1v) is 16.3. The largest absolute Gasteiger partial charge is 0.454 e. The van der Waals surface area contributed by atoms with Crippen molar-refractivity contribution in [3.05, 3.63) is 151 Å². The maximum absolute atomic E-state index is 6.88. The highest BCUT2D eigenvalue weighted by Gasteiger charge is 2.36. The van der Waals surface area contributed by atoms with E-state index in [4.69, 9.17) is 10.5 Å². The average molecular weight is 602 g/mol. The van der Waals surface area contributed by atoms with Gasteiger partial charge in [-0.2, -0.15) is 0 Å². The van der Waals surface area contributed by atoms with Gasteiger partial charge in [0.2, 0.25) is 0 Å². The van der Waals surface area contributed by atoms with Crippen LogP contribution in [0.15, 0.2) is 140 Å². The van der Waals surface area contributed by atoms with Crippen LogP contribution in [-0.2, 0) is 5.41 Å². The van der Waals surface area contributed by atoms with Crippen molar-refractivity contribution in [2.45, 2.75) is 19.3 Å². The van der Waals surface area contributed by atoms with Crippen LogP contribution in [0.2, 0.25) is 0 Å². The highest BCUT2D eigenvalue weighted by Crippen LogP contribution is 2.54. The molecule has 0 saturated carbocycles. The predicted octanol–water partition coefficient (Wildman–Crippen LogP) is 12.2. The van der Waals surface area contributed by atoms with Gasteiger partial charge in [0.25, 0.3) is 0 Å². The molecule has 0 radical (unpaired) electrons. The number of benzene rings is 9. The zero-order valence-corrected chi connectivity index (χ0v) is 26.3. The molecule has 0 atom stereocenters. The smallest absolute Gasteiger partial charge is 0.150 e. The summed E-state index contributed by atoms with van der Waals surface area (Å²) in [4.78, 5) is 0. The van der Waals surface area contributed by atoms with E-state index in [2.05, 4.69) is 129 Å². The number of hydrogen-bond acceptors (Lipinski definition) is 2. The first-order chi connectivity index (χ1) is 23.0. The summed E-state index contributed by atoms with van der Waals surface area (Å²) in [5.41, 5.74) is 14.7. The number of para-hydroxylation sites is 2. The third-order valence-electron chi connectivity index (χ3n) is 10.6. The lowest BCUT2D eigenvalue weighted by Gasteiger charge is -2.24. The molecule has 0 fully saturated rings. The van der Waals surface area contributed by atoms with Crippen LogP contribution in [0.3, 0.4) is 0 Å². The van der Waals surface area contributed by atoms with Crippen molar-refractivity contribution in [1.82, 2.24) is 0 Å². The second kappa shape index (κ2) is 9.34. The maximum Gasteiger partial charge on any atom is 0.150 e. The molecule has 0 saturated heterocycles. The van der Waals surface area contributed by atoms with Gasteiger partial charge in [-0.25, -0.2) is 0 Å². The summed E-state index contributed by atoms with van der Waals surface area (Å²) in [6.45, 7) is 4.70. The summed E-state index contributed by atoms with van der Waals surface area (Å²) in [6, 6.07) is 50.5. The summed E-state index contributed by atoms with van der Waals surface area (Å²) in [7, 11) is 0. The number of anilines is 1. The van der Waals surface area contributed by atoms with Gasteiger partial charge >= 0.3 is 0 Å². The Kier molecular flexibility index (Phi) is 5.24. The van der Waals surface area contributed by atoms with Gasteiger partial charge in [-0.15, -0.1) is 0 Å². The Balaban J connectivity index is 1.39. The monoisotopic (exact) mass is 601 g/mol. The molecule has 9 aromatic carbocycles. The molecule has 1 aliphatic rings. The fraction of sp³-hybridized carbons (Fsp3) is 0.0667. The quantitative estimate of drug-likeness (QED) is 0.124. The molecule has 0 aromatic heterocycles. The predicted molar refractivity (Wildman–Crippen MR) is 199 cm³/mol. The van der Waals surface area contributed by atoms with Crippen LogP contribution in [0.5, 0.6) is 11.5 Å². The molecule has 2 heteroatoms. The highest BCUT2D eigenvalue weighted by atomic mass is 16.5. The number of nitrogen functional groups attached to an aromatic ring is 1. The van der Waals surface area contributed by atoms with Crippen molar-refractivity contribution in [2.75, 3.05) is 5.73 Å². The van der Waals surface area contributed by atoms with E-state index < -0.39 is 0 Å². The maximum atomic E-state index is 6.88. The molecule has 2 N–H and O–H groups in total. The topological polar surface area (TPSA) is 35.2 Å². The lowest BCUT2D eigenvalue weighted by Crippen LogP contribution is -2.14. The van der Waals surface area contributed by atoms with Crippen LogP contribution in [0.1, 0.15) is 25.0 Å². The minimum Gasteiger partial charge on any atom is -0.454 e. The Morgan fingerprint density at radius 2 is 1.15 bits per heavy atom. The Hall–Kier alpha value is -5.86. The van der Waals surface area contributed by atoms with Crippen LogP contribution in [-0.4, -0.2) is 0 Å². The molecule has 0 bridgehead atoms. The van der Waals surface area contributed by atoms with Gasteiger partial charge in [0.1, 0.15) is 11.5 Å². The Morgan fingerprint density at radius 1 is 0.468 bits per heavy atom. The van der Waals surface area contributed by atoms with Gasteiger partial charge in [-0.05, 0) is 101 Å². The Labute approximate surface area is 273 Å². The van der Waals surface area contributed by atoms with E-state index in [0.29, 0.717) is 11.4 Å². The molecule has 0 unspecified atom stereocenters. The molecule has 1 aliphatic carbocycles. The van der Waals surface area contributed by atoms with E-state index in [1.807, 2.05) is 24.3 Å². The van der Waals surface area contributed by atoms with E-state index in [9.17, 15) is 0 Å². The number of fused-ring (bicyclic) bond motifs is 5. The van der Waals surface area contributed by atoms with Crippen molar-refractivity contribution in [3.8, 4) is 33.8 Å². The molecule has 222 valence electrons. The molecule has 10 rings (SSSR count). The van der Waals surface area contributed by atoms with Crippen LogP contribution in [0, 0.1) is 0 Å². The fourth-order valence-electron chi connectivity index (χ4n) is 8.37.